The third-order valence-corrected chi connectivity index (χ3v) is 3.47. The number of halogens is 1. The summed E-state index contributed by atoms with van der Waals surface area (Å²) in [6, 6.07) is 16.7. The van der Waals surface area contributed by atoms with Crippen LogP contribution in [0.3, 0.4) is 0 Å². The van der Waals surface area contributed by atoms with E-state index in [4.69, 9.17) is 4.74 Å². The van der Waals surface area contributed by atoms with E-state index in [0.717, 1.165) is 0 Å². The third-order valence-electron chi connectivity index (χ3n) is 3.47. The van der Waals surface area contributed by atoms with Crippen molar-refractivity contribution in [1.82, 2.24) is 0 Å². The molecule has 0 unspecified atom stereocenters. The van der Waals surface area contributed by atoms with Crippen molar-refractivity contribution >= 4 is 16.6 Å². The van der Waals surface area contributed by atoms with Crippen LogP contribution in [0.4, 0.5) is 4.39 Å². The van der Waals surface area contributed by atoms with Gasteiger partial charge in [0.2, 0.25) is 0 Å². The van der Waals surface area contributed by atoms with Crippen molar-refractivity contribution < 1.29 is 13.9 Å². The molecule has 0 radical (unpaired) electrons. The summed E-state index contributed by atoms with van der Waals surface area (Å²) in [5.41, 5.74) is 1.05. The molecule has 0 spiro atoms. The van der Waals surface area contributed by atoms with Gasteiger partial charge in [-0.05, 0) is 41.8 Å². The Balaban J connectivity index is 2.11. The largest absolute Gasteiger partial charge is 0.497 e. The highest BCUT2D eigenvalue weighted by molar-refractivity contribution is 6.16. The summed E-state index contributed by atoms with van der Waals surface area (Å²) in [7, 11) is 1.57. The maximum absolute atomic E-state index is 13.8. The van der Waals surface area contributed by atoms with Crippen LogP contribution in [-0.4, -0.2) is 12.9 Å². The first-order chi connectivity index (χ1) is 10.2. The van der Waals surface area contributed by atoms with Gasteiger partial charge in [-0.1, -0.05) is 24.3 Å². The van der Waals surface area contributed by atoms with Gasteiger partial charge in [0.25, 0.3) is 0 Å². The molecule has 3 heteroatoms. The number of hydrogen-bond acceptors (Lipinski definition) is 2. The molecular weight excluding hydrogens is 267 g/mol. The minimum Gasteiger partial charge on any atom is -0.497 e. The van der Waals surface area contributed by atoms with Gasteiger partial charge in [-0.2, -0.15) is 0 Å². The zero-order valence-corrected chi connectivity index (χ0v) is 11.5. The van der Waals surface area contributed by atoms with Crippen LogP contribution < -0.4 is 4.74 Å². The molecule has 0 amide bonds. The maximum atomic E-state index is 13.8. The highest BCUT2D eigenvalue weighted by Gasteiger charge is 2.14. The smallest absolute Gasteiger partial charge is 0.193 e. The molecule has 0 bridgehead atoms. The normalized spacial score (nSPS) is 10.6. The molecule has 0 aliphatic heterocycles. The number of fused-ring (bicyclic) bond motifs is 1. The van der Waals surface area contributed by atoms with Gasteiger partial charge in [0.15, 0.2) is 5.78 Å². The summed E-state index contributed by atoms with van der Waals surface area (Å²) in [6.45, 7) is 0. The first kappa shape index (κ1) is 13.3. The predicted molar refractivity (Wildman–Crippen MR) is 80.3 cm³/mol. The molecule has 0 fully saturated rings. The molecule has 0 heterocycles. The van der Waals surface area contributed by atoms with Crippen LogP contribution in [0.2, 0.25) is 0 Å². The molecule has 3 rings (SSSR count). The lowest BCUT2D eigenvalue weighted by molar-refractivity contribution is 0.104. The topological polar surface area (TPSA) is 26.3 Å². The average molecular weight is 280 g/mol. The van der Waals surface area contributed by atoms with E-state index in [2.05, 4.69) is 0 Å². The minimum atomic E-state index is -0.322. The molecular formula is C18H13FO2. The van der Waals surface area contributed by atoms with Crippen LogP contribution in [0.1, 0.15) is 15.9 Å². The van der Waals surface area contributed by atoms with Gasteiger partial charge in [-0.15, -0.1) is 0 Å². The molecule has 3 aromatic carbocycles. The maximum Gasteiger partial charge on any atom is 0.193 e. The standard InChI is InChI=1S/C18H13FO2/c1-21-13-8-6-12(7-9-13)18(20)16-10-11-17(19)15-5-3-2-4-14(15)16/h2-11H,1H3. The summed E-state index contributed by atoms with van der Waals surface area (Å²) < 4.78 is 18.9. The van der Waals surface area contributed by atoms with Crippen molar-refractivity contribution in [1.29, 1.82) is 0 Å². The van der Waals surface area contributed by atoms with Crippen molar-refractivity contribution in [2.75, 3.05) is 7.11 Å². The van der Waals surface area contributed by atoms with Gasteiger partial charge in [-0.25, -0.2) is 4.39 Å². The van der Waals surface area contributed by atoms with Crippen LogP contribution in [0.15, 0.2) is 60.7 Å². The van der Waals surface area contributed by atoms with Crippen LogP contribution in [0, 0.1) is 5.82 Å². The summed E-state index contributed by atoms with van der Waals surface area (Å²) >= 11 is 0. The van der Waals surface area contributed by atoms with Crippen molar-refractivity contribution in [3.63, 3.8) is 0 Å². The van der Waals surface area contributed by atoms with E-state index in [-0.39, 0.29) is 11.6 Å². The number of rotatable bonds is 3. The Morgan fingerprint density at radius 2 is 1.57 bits per heavy atom. The molecule has 0 aromatic heterocycles. The lowest BCUT2D eigenvalue weighted by Gasteiger charge is -2.07. The van der Waals surface area contributed by atoms with Crippen molar-refractivity contribution in [2.24, 2.45) is 0 Å². The summed E-state index contributed by atoms with van der Waals surface area (Å²) in [5, 5.41) is 1.08. The molecule has 0 saturated heterocycles. The number of ether oxygens (including phenoxy) is 1. The summed E-state index contributed by atoms with van der Waals surface area (Å²) in [6.07, 6.45) is 0. The quantitative estimate of drug-likeness (QED) is 0.671. The molecule has 2 nitrogen and oxygen atoms in total. The SMILES string of the molecule is COc1ccc(C(=O)c2ccc(F)c3ccccc23)cc1. The second-order valence-electron chi connectivity index (χ2n) is 4.70. The molecule has 104 valence electrons. The molecule has 0 aliphatic carbocycles. The Morgan fingerprint density at radius 1 is 0.905 bits per heavy atom. The molecule has 0 saturated carbocycles. The average Bonchev–Trinajstić information content (AvgIpc) is 2.55. The molecule has 0 atom stereocenters. The third kappa shape index (κ3) is 2.38. The second kappa shape index (κ2) is 5.37. The first-order valence-electron chi connectivity index (χ1n) is 6.56. The first-order valence-corrected chi connectivity index (χ1v) is 6.56. The van der Waals surface area contributed by atoms with Gasteiger partial charge in [0, 0.05) is 16.5 Å². The summed E-state index contributed by atoms with van der Waals surface area (Å²) in [5.74, 6) is 0.237. The highest BCUT2D eigenvalue weighted by Crippen LogP contribution is 2.24. The molecule has 0 aliphatic rings. The van der Waals surface area contributed by atoms with Crippen LogP contribution in [0.25, 0.3) is 10.8 Å². The van der Waals surface area contributed by atoms with Crippen molar-refractivity contribution in [3.05, 3.63) is 77.6 Å². The summed E-state index contributed by atoms with van der Waals surface area (Å²) in [4.78, 5) is 12.6. The number of benzene rings is 3. The Hall–Kier alpha value is -2.68. The monoisotopic (exact) mass is 280 g/mol. The van der Waals surface area contributed by atoms with E-state index < -0.39 is 0 Å². The fourth-order valence-electron chi connectivity index (χ4n) is 2.36. The zero-order chi connectivity index (χ0) is 14.8. The lowest BCUT2D eigenvalue weighted by Crippen LogP contribution is -2.02. The van der Waals surface area contributed by atoms with E-state index in [1.807, 2.05) is 0 Å². The second-order valence-corrected chi connectivity index (χ2v) is 4.70. The fraction of sp³-hybridized carbons (Fsp3) is 0.0556. The fourth-order valence-corrected chi connectivity index (χ4v) is 2.36. The lowest BCUT2D eigenvalue weighted by atomic mass is 9.97. The Bertz CT molecular complexity index is 807. The Morgan fingerprint density at radius 3 is 2.24 bits per heavy atom. The van der Waals surface area contributed by atoms with Gasteiger partial charge in [0.1, 0.15) is 11.6 Å². The number of methoxy groups -OCH3 is 1. The van der Waals surface area contributed by atoms with E-state index in [9.17, 15) is 9.18 Å². The van der Waals surface area contributed by atoms with E-state index in [0.29, 0.717) is 27.6 Å². The highest BCUT2D eigenvalue weighted by atomic mass is 19.1. The van der Waals surface area contributed by atoms with Crippen LogP contribution >= 0.6 is 0 Å². The predicted octanol–water partition coefficient (Wildman–Crippen LogP) is 4.22. The van der Waals surface area contributed by atoms with E-state index in [1.54, 1.807) is 55.6 Å². The Kier molecular flexibility index (Phi) is 3.40. The van der Waals surface area contributed by atoms with Gasteiger partial charge in [-0.3, -0.25) is 4.79 Å². The number of carbonyl (C=O) groups excluding carboxylic acids is 1. The van der Waals surface area contributed by atoms with Gasteiger partial charge in [0.05, 0.1) is 7.11 Å². The minimum absolute atomic E-state index is 0.131. The van der Waals surface area contributed by atoms with E-state index in [1.165, 1.54) is 12.1 Å². The van der Waals surface area contributed by atoms with Crippen LogP contribution in [-0.2, 0) is 0 Å². The van der Waals surface area contributed by atoms with Gasteiger partial charge < -0.3 is 4.74 Å². The number of carbonyl (C=O) groups is 1. The van der Waals surface area contributed by atoms with Crippen LogP contribution in [0.5, 0.6) is 5.75 Å². The number of hydrogen-bond donors (Lipinski definition) is 0. The zero-order valence-electron chi connectivity index (χ0n) is 11.5. The number of ketones is 1. The molecule has 0 N–H and O–H groups in total. The molecule has 21 heavy (non-hydrogen) atoms. The van der Waals surface area contributed by atoms with E-state index >= 15 is 0 Å². The van der Waals surface area contributed by atoms with Gasteiger partial charge >= 0.3 is 0 Å². The molecule has 3 aromatic rings. The van der Waals surface area contributed by atoms with Crippen molar-refractivity contribution in [3.8, 4) is 5.75 Å². The Labute approximate surface area is 121 Å². The van der Waals surface area contributed by atoms with Crippen molar-refractivity contribution in [2.45, 2.75) is 0 Å².